The van der Waals surface area contributed by atoms with E-state index in [1.807, 2.05) is 0 Å². The highest BCUT2D eigenvalue weighted by atomic mass is 19.1. The fourth-order valence-electron chi connectivity index (χ4n) is 3.73. The van der Waals surface area contributed by atoms with Gasteiger partial charge in [0.15, 0.2) is 0 Å². The van der Waals surface area contributed by atoms with Crippen molar-refractivity contribution < 1.29 is 23.4 Å². The Balaban J connectivity index is 1.64. The zero-order chi connectivity index (χ0) is 24.8. The van der Waals surface area contributed by atoms with Crippen LogP contribution in [0.15, 0.2) is 67.0 Å². The third-order valence-electron chi connectivity index (χ3n) is 5.52. The lowest BCUT2D eigenvalue weighted by Gasteiger charge is -2.25. The van der Waals surface area contributed by atoms with Crippen LogP contribution >= 0.6 is 0 Å². The lowest BCUT2D eigenvalue weighted by Crippen LogP contribution is -2.47. The number of carbonyl (C=O) groups is 1. The van der Waals surface area contributed by atoms with Gasteiger partial charge >= 0.3 is 0 Å². The molecule has 3 N–H and O–H groups in total. The number of carbonyl (C=O) groups excluding carboxylic acids is 1. The van der Waals surface area contributed by atoms with Gasteiger partial charge in [0.25, 0.3) is 5.91 Å². The maximum atomic E-state index is 15.0. The first-order chi connectivity index (χ1) is 17.0. The van der Waals surface area contributed by atoms with Crippen molar-refractivity contribution >= 4 is 5.91 Å². The van der Waals surface area contributed by atoms with E-state index >= 15 is 0 Å². The van der Waals surface area contributed by atoms with Gasteiger partial charge in [0.05, 0.1) is 29.6 Å². The van der Waals surface area contributed by atoms with Gasteiger partial charge in [-0.3, -0.25) is 9.89 Å². The normalized spacial score (nSPS) is 12.8. The van der Waals surface area contributed by atoms with E-state index in [9.17, 15) is 18.7 Å². The topological polar surface area (TPSA) is 113 Å². The molecule has 4 rings (SSSR count). The molecule has 0 bridgehead atoms. The van der Waals surface area contributed by atoms with Crippen LogP contribution in [-0.4, -0.2) is 57.0 Å². The third kappa shape index (κ3) is 5.56. The quantitative estimate of drug-likeness (QED) is 0.340. The highest BCUT2D eigenvalue weighted by Crippen LogP contribution is 2.29. The summed E-state index contributed by atoms with van der Waals surface area (Å²) in [5, 5.41) is 19.5. The highest BCUT2D eigenvalue weighted by molar-refractivity contribution is 6.01. The number of ether oxygens (including phenoxy) is 1. The van der Waals surface area contributed by atoms with Crippen LogP contribution in [0.2, 0.25) is 0 Å². The number of nitrogens with zero attached hydrogens (tertiary/aromatic N) is 3. The van der Waals surface area contributed by atoms with Gasteiger partial charge in [0.1, 0.15) is 23.6 Å². The molecule has 0 fully saturated rings. The lowest BCUT2D eigenvalue weighted by molar-refractivity contribution is 0.0211. The van der Waals surface area contributed by atoms with Crippen LogP contribution in [0.3, 0.4) is 0 Å². The Morgan fingerprint density at radius 2 is 1.86 bits per heavy atom. The summed E-state index contributed by atoms with van der Waals surface area (Å²) in [4.78, 5) is 21.6. The van der Waals surface area contributed by atoms with Crippen LogP contribution in [0, 0.1) is 11.6 Å². The average molecular weight is 479 g/mol. The first-order valence-electron chi connectivity index (χ1n) is 10.8. The predicted octanol–water partition coefficient (Wildman–Crippen LogP) is 3.16. The molecule has 10 heteroatoms. The van der Waals surface area contributed by atoms with E-state index in [1.165, 1.54) is 37.4 Å². The average Bonchev–Trinajstić information content (AvgIpc) is 3.35. The van der Waals surface area contributed by atoms with Crippen molar-refractivity contribution in [1.82, 2.24) is 25.5 Å². The molecule has 35 heavy (non-hydrogen) atoms. The van der Waals surface area contributed by atoms with Gasteiger partial charge in [-0.2, -0.15) is 5.10 Å². The second kappa shape index (κ2) is 10.9. The summed E-state index contributed by atoms with van der Waals surface area (Å²) < 4.78 is 33.6. The Bertz CT molecular complexity index is 1280. The number of hydrogen-bond acceptors (Lipinski definition) is 6. The lowest BCUT2D eigenvalue weighted by atomic mass is 10.0. The molecule has 0 saturated carbocycles. The SMILES string of the molecule is CO[C@@H](CO)[C@H](Cc1ncccn1)NC(=O)c1cccc(F)c1-c1cc(-c2ccc(F)cc2)n[nH]1. The molecule has 0 saturated heterocycles. The number of aromatic nitrogens is 4. The van der Waals surface area contributed by atoms with Gasteiger partial charge < -0.3 is 15.2 Å². The van der Waals surface area contributed by atoms with Crippen molar-refractivity contribution in [3.63, 3.8) is 0 Å². The Morgan fingerprint density at radius 3 is 2.54 bits per heavy atom. The summed E-state index contributed by atoms with van der Waals surface area (Å²) in [5.74, 6) is -1.13. The molecule has 0 radical (unpaired) electrons. The van der Waals surface area contributed by atoms with E-state index in [4.69, 9.17) is 4.74 Å². The second-order valence-corrected chi connectivity index (χ2v) is 7.74. The van der Waals surface area contributed by atoms with Crippen molar-refractivity contribution in [3.8, 4) is 22.5 Å². The molecule has 0 unspecified atom stereocenters. The standard InChI is InChI=1S/C25H23F2N5O3/c1-35-22(14-33)20(13-23-28-10-3-11-29-23)30-25(34)17-4-2-5-18(27)24(17)21-12-19(31-32-21)15-6-8-16(26)9-7-15/h2-12,20,22,33H,13-14H2,1H3,(H,30,34)(H,31,32)/t20-,22-/m0/s1. The molecule has 2 atom stereocenters. The number of rotatable bonds is 9. The van der Waals surface area contributed by atoms with Crippen molar-refractivity contribution in [2.24, 2.45) is 0 Å². The maximum absolute atomic E-state index is 15.0. The number of H-pyrrole nitrogens is 1. The number of nitrogens with one attached hydrogen (secondary N) is 2. The van der Waals surface area contributed by atoms with Crippen molar-refractivity contribution in [1.29, 1.82) is 0 Å². The van der Waals surface area contributed by atoms with Crippen LogP contribution in [0.25, 0.3) is 22.5 Å². The summed E-state index contributed by atoms with van der Waals surface area (Å²) in [6, 6.07) is 12.4. The number of halogens is 2. The minimum absolute atomic E-state index is 0.0264. The molecule has 0 aliphatic heterocycles. The molecule has 1 amide bonds. The third-order valence-corrected chi connectivity index (χ3v) is 5.52. The monoisotopic (exact) mass is 479 g/mol. The maximum Gasteiger partial charge on any atom is 0.252 e. The summed E-state index contributed by atoms with van der Waals surface area (Å²) in [6.07, 6.45) is 2.60. The molecule has 0 aliphatic carbocycles. The predicted molar refractivity (Wildman–Crippen MR) is 124 cm³/mol. The molecule has 8 nitrogen and oxygen atoms in total. The second-order valence-electron chi connectivity index (χ2n) is 7.74. The van der Waals surface area contributed by atoms with Gasteiger partial charge in [0.2, 0.25) is 0 Å². The van der Waals surface area contributed by atoms with Crippen LogP contribution in [0.5, 0.6) is 0 Å². The Labute approximate surface area is 200 Å². The highest BCUT2D eigenvalue weighted by Gasteiger charge is 2.27. The summed E-state index contributed by atoms with van der Waals surface area (Å²) in [7, 11) is 1.42. The van der Waals surface area contributed by atoms with Crippen LogP contribution in [0.4, 0.5) is 8.78 Å². The smallest absolute Gasteiger partial charge is 0.252 e. The number of hydrogen-bond donors (Lipinski definition) is 3. The molecule has 0 aliphatic rings. The number of aliphatic hydroxyl groups excluding tert-OH is 1. The van der Waals surface area contributed by atoms with Gasteiger partial charge in [-0.05, 0) is 48.5 Å². The summed E-state index contributed by atoms with van der Waals surface area (Å²) in [6.45, 7) is -0.355. The first-order valence-corrected chi connectivity index (χ1v) is 10.8. The first kappa shape index (κ1) is 24.1. The van der Waals surface area contributed by atoms with Gasteiger partial charge in [-0.1, -0.05) is 6.07 Å². The van der Waals surface area contributed by atoms with E-state index in [1.54, 1.807) is 36.7 Å². The van der Waals surface area contributed by atoms with Gasteiger partial charge in [-0.25, -0.2) is 18.7 Å². The summed E-state index contributed by atoms with van der Waals surface area (Å²) >= 11 is 0. The Hall–Kier alpha value is -4.02. The number of aromatic amines is 1. The van der Waals surface area contributed by atoms with Crippen molar-refractivity contribution in [2.45, 2.75) is 18.6 Å². The van der Waals surface area contributed by atoms with Gasteiger partial charge in [0, 0.05) is 37.1 Å². The number of aliphatic hydroxyl groups is 1. The largest absolute Gasteiger partial charge is 0.394 e. The molecule has 180 valence electrons. The van der Waals surface area contributed by atoms with E-state index in [2.05, 4.69) is 25.5 Å². The summed E-state index contributed by atoms with van der Waals surface area (Å²) in [5.41, 5.74) is 1.46. The van der Waals surface area contributed by atoms with Crippen LogP contribution < -0.4 is 5.32 Å². The van der Waals surface area contributed by atoms with Crippen LogP contribution in [0.1, 0.15) is 16.2 Å². The minimum atomic E-state index is -0.739. The Morgan fingerprint density at radius 1 is 1.11 bits per heavy atom. The van der Waals surface area contributed by atoms with Crippen molar-refractivity contribution in [2.75, 3.05) is 13.7 Å². The Kier molecular flexibility index (Phi) is 7.54. The number of benzene rings is 2. The van der Waals surface area contributed by atoms with E-state index in [0.29, 0.717) is 17.1 Å². The zero-order valence-corrected chi connectivity index (χ0v) is 18.8. The minimum Gasteiger partial charge on any atom is -0.394 e. The molecule has 4 aromatic rings. The van der Waals surface area contributed by atoms with E-state index in [0.717, 1.165) is 0 Å². The number of amides is 1. The van der Waals surface area contributed by atoms with E-state index in [-0.39, 0.29) is 35.7 Å². The fourth-order valence-corrected chi connectivity index (χ4v) is 3.73. The molecular formula is C25H23F2N5O3. The fraction of sp³-hybridized carbons (Fsp3) is 0.200. The van der Waals surface area contributed by atoms with Crippen LogP contribution in [-0.2, 0) is 11.2 Å². The number of methoxy groups -OCH3 is 1. The molecule has 0 spiro atoms. The van der Waals surface area contributed by atoms with Crippen molar-refractivity contribution in [3.05, 3.63) is 90.0 Å². The van der Waals surface area contributed by atoms with Gasteiger partial charge in [-0.15, -0.1) is 0 Å². The molecule has 2 aromatic carbocycles. The molecule has 2 aromatic heterocycles. The molecular weight excluding hydrogens is 456 g/mol. The zero-order valence-electron chi connectivity index (χ0n) is 18.8. The molecule has 2 heterocycles. The van der Waals surface area contributed by atoms with E-state index < -0.39 is 23.9 Å².